The predicted molar refractivity (Wildman–Crippen MR) is 99.7 cm³/mol. The van der Waals surface area contributed by atoms with Crippen LogP contribution in [0.15, 0.2) is 62.9 Å². The minimum absolute atomic E-state index is 0.468. The normalized spacial score (nSPS) is 11.7. The number of hydrogen-bond donors (Lipinski definition) is 1. The molecular formula is C19H19N3OS. The third-order valence-electron chi connectivity index (χ3n) is 3.72. The van der Waals surface area contributed by atoms with Crippen molar-refractivity contribution in [3.8, 4) is 11.3 Å². The van der Waals surface area contributed by atoms with Crippen LogP contribution >= 0.6 is 11.8 Å². The van der Waals surface area contributed by atoms with E-state index >= 15 is 0 Å². The SMILES string of the molecule is Cc1cccc(C)c1N=C(N)Sc1c(-c2ccccc2)noc1C. The van der Waals surface area contributed by atoms with Crippen molar-refractivity contribution in [2.75, 3.05) is 0 Å². The molecule has 2 aromatic carbocycles. The Kier molecular flexibility index (Phi) is 4.71. The van der Waals surface area contributed by atoms with E-state index in [0.29, 0.717) is 5.17 Å². The van der Waals surface area contributed by atoms with Gasteiger partial charge in [-0.2, -0.15) is 0 Å². The summed E-state index contributed by atoms with van der Waals surface area (Å²) < 4.78 is 5.37. The van der Waals surface area contributed by atoms with Gasteiger partial charge in [0.25, 0.3) is 0 Å². The van der Waals surface area contributed by atoms with Crippen LogP contribution in [0.1, 0.15) is 16.9 Å². The zero-order valence-corrected chi connectivity index (χ0v) is 14.7. The van der Waals surface area contributed by atoms with Crippen molar-refractivity contribution < 1.29 is 4.52 Å². The number of aliphatic imine (C=N–C) groups is 1. The van der Waals surface area contributed by atoms with Gasteiger partial charge in [0.2, 0.25) is 0 Å². The molecule has 0 saturated carbocycles. The Bertz CT molecular complexity index is 865. The van der Waals surface area contributed by atoms with E-state index in [0.717, 1.165) is 38.7 Å². The Morgan fingerprint density at radius 3 is 2.33 bits per heavy atom. The van der Waals surface area contributed by atoms with Crippen LogP contribution in [0.3, 0.4) is 0 Å². The lowest BCUT2D eigenvalue weighted by molar-refractivity contribution is 0.396. The summed E-state index contributed by atoms with van der Waals surface area (Å²) in [5.74, 6) is 0.735. The third kappa shape index (κ3) is 3.36. The topological polar surface area (TPSA) is 64.4 Å². The van der Waals surface area contributed by atoms with Crippen molar-refractivity contribution in [2.24, 2.45) is 10.7 Å². The van der Waals surface area contributed by atoms with E-state index in [1.165, 1.54) is 11.8 Å². The molecule has 1 heterocycles. The number of thioether (sulfide) groups is 1. The standard InChI is InChI=1S/C19H19N3OS/c1-12-8-7-9-13(2)16(12)21-19(20)24-18-14(3)23-22-17(18)15-10-5-4-6-11-15/h4-11H,1-3H3,(H2,20,21). The Morgan fingerprint density at radius 2 is 1.67 bits per heavy atom. The zero-order valence-electron chi connectivity index (χ0n) is 13.9. The van der Waals surface area contributed by atoms with Gasteiger partial charge in [0.1, 0.15) is 11.5 Å². The van der Waals surface area contributed by atoms with Gasteiger partial charge in [0.05, 0.1) is 10.6 Å². The predicted octanol–water partition coefficient (Wildman–Crippen LogP) is 5.01. The lowest BCUT2D eigenvalue weighted by atomic mass is 10.1. The molecule has 0 aliphatic carbocycles. The summed E-state index contributed by atoms with van der Waals surface area (Å²) in [5, 5.41) is 4.64. The maximum Gasteiger partial charge on any atom is 0.164 e. The van der Waals surface area contributed by atoms with E-state index in [-0.39, 0.29) is 0 Å². The van der Waals surface area contributed by atoms with Gasteiger partial charge in [0, 0.05) is 5.56 Å². The van der Waals surface area contributed by atoms with Gasteiger partial charge >= 0.3 is 0 Å². The molecule has 3 rings (SSSR count). The highest BCUT2D eigenvalue weighted by Crippen LogP contribution is 2.34. The Labute approximate surface area is 145 Å². The molecule has 1 aromatic heterocycles. The lowest BCUT2D eigenvalue weighted by Crippen LogP contribution is -2.06. The van der Waals surface area contributed by atoms with Crippen molar-refractivity contribution >= 4 is 22.6 Å². The number of nitrogens with zero attached hydrogens (tertiary/aromatic N) is 2. The molecule has 0 amide bonds. The number of hydrogen-bond acceptors (Lipinski definition) is 4. The maximum absolute atomic E-state index is 6.19. The van der Waals surface area contributed by atoms with Crippen molar-refractivity contribution in [2.45, 2.75) is 25.7 Å². The highest BCUT2D eigenvalue weighted by molar-refractivity contribution is 8.14. The molecule has 3 aromatic rings. The van der Waals surface area contributed by atoms with Crippen molar-refractivity contribution in [3.05, 3.63) is 65.4 Å². The number of rotatable bonds is 3. The minimum Gasteiger partial charge on any atom is -0.378 e. The van der Waals surface area contributed by atoms with Crippen LogP contribution in [0, 0.1) is 20.8 Å². The molecule has 0 saturated heterocycles. The Morgan fingerprint density at radius 1 is 1.00 bits per heavy atom. The first-order valence-corrected chi connectivity index (χ1v) is 8.48. The molecule has 0 atom stereocenters. The number of aryl methyl sites for hydroxylation is 3. The number of amidine groups is 1. The first kappa shape index (κ1) is 16.3. The molecular weight excluding hydrogens is 318 g/mol. The molecule has 0 aliphatic rings. The van der Waals surface area contributed by atoms with Gasteiger partial charge in [-0.05, 0) is 43.7 Å². The van der Waals surface area contributed by atoms with Crippen LogP contribution < -0.4 is 5.73 Å². The van der Waals surface area contributed by atoms with E-state index in [1.807, 2.05) is 69.3 Å². The van der Waals surface area contributed by atoms with E-state index in [9.17, 15) is 0 Å². The molecule has 0 bridgehead atoms. The van der Waals surface area contributed by atoms with Gasteiger partial charge in [0.15, 0.2) is 5.17 Å². The molecule has 0 radical (unpaired) electrons. The van der Waals surface area contributed by atoms with Crippen molar-refractivity contribution in [3.63, 3.8) is 0 Å². The summed E-state index contributed by atoms with van der Waals surface area (Å²) in [7, 11) is 0. The summed E-state index contributed by atoms with van der Waals surface area (Å²) in [5.41, 5.74) is 11.1. The highest BCUT2D eigenvalue weighted by Gasteiger charge is 2.17. The number of para-hydroxylation sites is 1. The molecule has 24 heavy (non-hydrogen) atoms. The highest BCUT2D eigenvalue weighted by atomic mass is 32.2. The summed E-state index contributed by atoms with van der Waals surface area (Å²) in [4.78, 5) is 5.49. The fourth-order valence-electron chi connectivity index (χ4n) is 2.48. The Balaban J connectivity index is 1.95. The van der Waals surface area contributed by atoms with Gasteiger partial charge in [-0.1, -0.05) is 53.7 Å². The fraction of sp³-hybridized carbons (Fsp3) is 0.158. The second kappa shape index (κ2) is 6.93. The van der Waals surface area contributed by atoms with E-state index in [1.54, 1.807) is 0 Å². The number of aromatic nitrogens is 1. The molecule has 5 heteroatoms. The smallest absolute Gasteiger partial charge is 0.164 e. The van der Waals surface area contributed by atoms with Crippen LogP contribution in [-0.2, 0) is 0 Å². The van der Waals surface area contributed by atoms with Crippen LogP contribution in [0.2, 0.25) is 0 Å². The lowest BCUT2D eigenvalue weighted by Gasteiger charge is -2.06. The Hall–Kier alpha value is -2.53. The third-order valence-corrected chi connectivity index (χ3v) is 4.71. The summed E-state index contributed by atoms with van der Waals surface area (Å²) in [6, 6.07) is 16.0. The van der Waals surface area contributed by atoms with Crippen LogP contribution in [0.25, 0.3) is 11.3 Å². The molecule has 0 spiro atoms. The van der Waals surface area contributed by atoms with Crippen LogP contribution in [-0.4, -0.2) is 10.3 Å². The van der Waals surface area contributed by atoms with E-state index < -0.39 is 0 Å². The summed E-state index contributed by atoms with van der Waals surface area (Å²) in [6.45, 7) is 5.95. The second-order valence-electron chi connectivity index (χ2n) is 5.58. The molecule has 2 N–H and O–H groups in total. The number of nitrogens with two attached hydrogens (primary N) is 1. The molecule has 4 nitrogen and oxygen atoms in total. The molecule has 122 valence electrons. The maximum atomic E-state index is 6.19. The zero-order chi connectivity index (χ0) is 17.1. The van der Waals surface area contributed by atoms with E-state index in [4.69, 9.17) is 10.3 Å². The number of benzene rings is 2. The molecule has 0 fully saturated rings. The van der Waals surface area contributed by atoms with Crippen molar-refractivity contribution in [1.82, 2.24) is 5.16 Å². The van der Waals surface area contributed by atoms with Crippen molar-refractivity contribution in [1.29, 1.82) is 0 Å². The van der Waals surface area contributed by atoms with Gasteiger partial charge in [-0.25, -0.2) is 4.99 Å². The average molecular weight is 337 g/mol. The molecule has 0 aliphatic heterocycles. The summed E-state index contributed by atoms with van der Waals surface area (Å²) >= 11 is 1.38. The largest absolute Gasteiger partial charge is 0.378 e. The van der Waals surface area contributed by atoms with Gasteiger partial charge < -0.3 is 10.3 Å². The quantitative estimate of drug-likeness (QED) is 0.415. The van der Waals surface area contributed by atoms with Crippen LogP contribution in [0.5, 0.6) is 0 Å². The first-order chi connectivity index (χ1) is 11.6. The molecule has 0 unspecified atom stereocenters. The first-order valence-electron chi connectivity index (χ1n) is 7.66. The van der Waals surface area contributed by atoms with Gasteiger partial charge in [-0.3, -0.25) is 0 Å². The monoisotopic (exact) mass is 337 g/mol. The minimum atomic E-state index is 0.468. The van der Waals surface area contributed by atoms with Crippen LogP contribution in [0.4, 0.5) is 5.69 Å². The van der Waals surface area contributed by atoms with Gasteiger partial charge in [-0.15, -0.1) is 0 Å². The fourth-order valence-corrected chi connectivity index (χ4v) is 3.26. The summed E-state index contributed by atoms with van der Waals surface area (Å²) in [6.07, 6.45) is 0. The second-order valence-corrected chi connectivity index (χ2v) is 6.61. The van der Waals surface area contributed by atoms with E-state index in [2.05, 4.69) is 10.1 Å². The average Bonchev–Trinajstić information content (AvgIpc) is 2.93.